The monoisotopic (exact) mass is 336 g/mol. The molecular formula is C20H24N4O. The molecule has 0 saturated carbocycles. The lowest BCUT2D eigenvalue weighted by Gasteiger charge is -2.39. The van der Waals surface area contributed by atoms with E-state index in [4.69, 9.17) is 0 Å². The Bertz CT molecular complexity index is 721. The number of aromatic nitrogens is 2. The number of hydrogen-bond acceptors (Lipinski definition) is 4. The topological polar surface area (TPSA) is 49.3 Å². The van der Waals surface area contributed by atoms with Crippen LogP contribution in [0.1, 0.15) is 30.5 Å². The van der Waals surface area contributed by atoms with Crippen molar-refractivity contribution in [2.75, 3.05) is 19.6 Å². The molecule has 4 rings (SSSR count). The highest BCUT2D eigenvalue weighted by molar-refractivity contribution is 5.84. The second-order valence-electron chi connectivity index (χ2n) is 7.25. The SMILES string of the molecule is O=C1N(Cc2cccnc2)CCCC12CCN(Cc1ccccn1)C2. The maximum atomic E-state index is 13.2. The molecular weight excluding hydrogens is 312 g/mol. The molecule has 1 atom stereocenters. The number of rotatable bonds is 4. The zero-order chi connectivity index (χ0) is 17.1. The largest absolute Gasteiger partial charge is 0.338 e. The zero-order valence-corrected chi connectivity index (χ0v) is 14.5. The fourth-order valence-corrected chi connectivity index (χ4v) is 4.21. The van der Waals surface area contributed by atoms with Gasteiger partial charge in [0, 0.05) is 44.8 Å². The van der Waals surface area contributed by atoms with Gasteiger partial charge in [-0.25, -0.2) is 0 Å². The Hall–Kier alpha value is -2.27. The van der Waals surface area contributed by atoms with Crippen molar-refractivity contribution < 1.29 is 4.79 Å². The molecule has 1 spiro atoms. The highest BCUT2D eigenvalue weighted by atomic mass is 16.2. The molecule has 2 saturated heterocycles. The van der Waals surface area contributed by atoms with Gasteiger partial charge in [-0.1, -0.05) is 12.1 Å². The number of nitrogens with zero attached hydrogens (tertiary/aromatic N) is 4. The van der Waals surface area contributed by atoms with Crippen LogP contribution in [0.4, 0.5) is 0 Å². The molecule has 2 fully saturated rings. The molecule has 2 aliphatic heterocycles. The van der Waals surface area contributed by atoms with Crippen molar-refractivity contribution in [2.24, 2.45) is 5.41 Å². The van der Waals surface area contributed by atoms with Crippen LogP contribution in [0.3, 0.4) is 0 Å². The Kier molecular flexibility index (Phi) is 4.49. The fourth-order valence-electron chi connectivity index (χ4n) is 4.21. The van der Waals surface area contributed by atoms with Gasteiger partial charge in [-0.05, 0) is 49.6 Å². The van der Waals surface area contributed by atoms with E-state index in [2.05, 4.69) is 20.9 Å². The first-order chi connectivity index (χ1) is 12.3. The van der Waals surface area contributed by atoms with Crippen molar-refractivity contribution in [3.63, 3.8) is 0 Å². The molecule has 1 amide bonds. The van der Waals surface area contributed by atoms with Gasteiger partial charge in [-0.15, -0.1) is 0 Å². The summed E-state index contributed by atoms with van der Waals surface area (Å²) in [6, 6.07) is 10.0. The van der Waals surface area contributed by atoms with Gasteiger partial charge in [0.2, 0.25) is 5.91 Å². The lowest BCUT2D eigenvalue weighted by atomic mass is 9.78. The number of carbonyl (C=O) groups is 1. The van der Waals surface area contributed by atoms with Crippen LogP contribution in [0.25, 0.3) is 0 Å². The quantitative estimate of drug-likeness (QED) is 0.861. The van der Waals surface area contributed by atoms with E-state index in [1.807, 2.05) is 41.6 Å². The van der Waals surface area contributed by atoms with E-state index in [0.29, 0.717) is 12.5 Å². The smallest absolute Gasteiger partial charge is 0.230 e. The average Bonchev–Trinajstić information content (AvgIpc) is 3.04. The van der Waals surface area contributed by atoms with Crippen LogP contribution in [-0.2, 0) is 17.9 Å². The van der Waals surface area contributed by atoms with E-state index in [9.17, 15) is 4.79 Å². The fraction of sp³-hybridized carbons (Fsp3) is 0.450. The van der Waals surface area contributed by atoms with Gasteiger partial charge in [0.25, 0.3) is 0 Å². The van der Waals surface area contributed by atoms with Crippen molar-refractivity contribution in [2.45, 2.75) is 32.4 Å². The average molecular weight is 336 g/mol. The van der Waals surface area contributed by atoms with Crippen LogP contribution in [0.15, 0.2) is 48.9 Å². The van der Waals surface area contributed by atoms with Crippen molar-refractivity contribution in [3.8, 4) is 0 Å². The maximum Gasteiger partial charge on any atom is 0.230 e. The summed E-state index contributed by atoms with van der Waals surface area (Å²) in [5.41, 5.74) is 1.99. The third-order valence-corrected chi connectivity index (χ3v) is 5.47. The first-order valence-electron chi connectivity index (χ1n) is 9.06. The molecule has 0 N–H and O–H groups in total. The molecule has 2 aromatic heterocycles. The summed E-state index contributed by atoms with van der Waals surface area (Å²) in [5, 5.41) is 0. The van der Waals surface area contributed by atoms with E-state index in [0.717, 1.165) is 56.7 Å². The van der Waals surface area contributed by atoms with Crippen molar-refractivity contribution in [1.29, 1.82) is 0 Å². The minimum atomic E-state index is -0.199. The Morgan fingerprint density at radius 3 is 2.80 bits per heavy atom. The van der Waals surface area contributed by atoms with Gasteiger partial charge in [0.15, 0.2) is 0 Å². The minimum Gasteiger partial charge on any atom is -0.338 e. The Morgan fingerprint density at radius 1 is 1.04 bits per heavy atom. The van der Waals surface area contributed by atoms with Crippen LogP contribution in [0.5, 0.6) is 0 Å². The number of carbonyl (C=O) groups excluding carboxylic acids is 1. The van der Waals surface area contributed by atoms with E-state index in [1.54, 1.807) is 6.20 Å². The zero-order valence-electron chi connectivity index (χ0n) is 14.5. The molecule has 2 aromatic rings. The number of hydrogen-bond donors (Lipinski definition) is 0. The van der Waals surface area contributed by atoms with Crippen LogP contribution >= 0.6 is 0 Å². The van der Waals surface area contributed by atoms with E-state index in [1.165, 1.54) is 0 Å². The molecule has 0 aromatic carbocycles. The Labute approximate surface area is 148 Å². The first-order valence-corrected chi connectivity index (χ1v) is 9.06. The number of likely N-dealkylation sites (tertiary alicyclic amines) is 2. The maximum absolute atomic E-state index is 13.2. The predicted molar refractivity (Wildman–Crippen MR) is 95.5 cm³/mol. The van der Waals surface area contributed by atoms with E-state index < -0.39 is 0 Å². The third-order valence-electron chi connectivity index (χ3n) is 5.47. The van der Waals surface area contributed by atoms with Crippen molar-refractivity contribution >= 4 is 5.91 Å². The number of pyridine rings is 2. The highest BCUT2D eigenvalue weighted by Gasteiger charge is 2.48. The van der Waals surface area contributed by atoms with Crippen LogP contribution in [0, 0.1) is 5.41 Å². The molecule has 4 heterocycles. The summed E-state index contributed by atoms with van der Waals surface area (Å²) in [6.45, 7) is 4.19. The van der Waals surface area contributed by atoms with Crippen molar-refractivity contribution in [3.05, 3.63) is 60.2 Å². The van der Waals surface area contributed by atoms with E-state index in [-0.39, 0.29) is 5.41 Å². The summed E-state index contributed by atoms with van der Waals surface area (Å²) in [4.78, 5) is 26.2. The van der Waals surface area contributed by atoms with E-state index >= 15 is 0 Å². The molecule has 5 nitrogen and oxygen atoms in total. The van der Waals surface area contributed by atoms with Gasteiger partial charge in [0.05, 0.1) is 11.1 Å². The molecule has 5 heteroatoms. The molecule has 0 bridgehead atoms. The summed E-state index contributed by atoms with van der Waals surface area (Å²) in [7, 11) is 0. The molecule has 1 unspecified atom stereocenters. The van der Waals surface area contributed by atoms with Crippen LogP contribution in [-0.4, -0.2) is 45.3 Å². The summed E-state index contributed by atoms with van der Waals surface area (Å²) in [6.07, 6.45) is 8.52. The Balaban J connectivity index is 1.43. The van der Waals surface area contributed by atoms with Crippen LogP contribution < -0.4 is 0 Å². The lowest BCUT2D eigenvalue weighted by Crippen LogP contribution is -2.49. The summed E-state index contributed by atoms with van der Waals surface area (Å²) in [5.74, 6) is 0.325. The summed E-state index contributed by atoms with van der Waals surface area (Å²) >= 11 is 0. The minimum absolute atomic E-state index is 0.199. The van der Waals surface area contributed by atoms with Gasteiger partial charge in [-0.2, -0.15) is 0 Å². The van der Waals surface area contributed by atoms with Crippen LogP contribution in [0.2, 0.25) is 0 Å². The molecule has 0 radical (unpaired) electrons. The first kappa shape index (κ1) is 16.2. The van der Waals surface area contributed by atoms with Gasteiger partial charge >= 0.3 is 0 Å². The summed E-state index contributed by atoms with van der Waals surface area (Å²) < 4.78 is 0. The van der Waals surface area contributed by atoms with Gasteiger partial charge in [-0.3, -0.25) is 19.7 Å². The number of piperidine rings is 1. The predicted octanol–water partition coefficient (Wildman–Crippen LogP) is 2.49. The molecule has 0 aliphatic carbocycles. The lowest BCUT2D eigenvalue weighted by molar-refractivity contribution is -0.146. The second-order valence-corrected chi connectivity index (χ2v) is 7.25. The standard InChI is InChI=1S/C20H24N4O/c25-19-20(7-4-11-24(19)14-17-5-3-9-21-13-17)8-12-23(16-20)15-18-6-1-2-10-22-18/h1-3,5-6,9-10,13H,4,7-8,11-12,14-16H2. The van der Waals surface area contributed by atoms with Crippen molar-refractivity contribution in [1.82, 2.24) is 19.8 Å². The van der Waals surface area contributed by atoms with Gasteiger partial charge in [0.1, 0.15) is 0 Å². The molecule has 130 valence electrons. The third kappa shape index (κ3) is 3.42. The normalized spacial score (nSPS) is 24.2. The van der Waals surface area contributed by atoms with Gasteiger partial charge < -0.3 is 4.90 Å². The molecule has 25 heavy (non-hydrogen) atoms. The number of amides is 1. The second kappa shape index (κ2) is 6.92. The molecule has 2 aliphatic rings. The highest BCUT2D eigenvalue weighted by Crippen LogP contribution is 2.40. The Morgan fingerprint density at radius 2 is 2.00 bits per heavy atom.